The van der Waals surface area contributed by atoms with Gasteiger partial charge in [-0.3, -0.25) is 0 Å². The molecule has 2 bridgehead atoms. The molecular formula is C15H26O. The molecule has 3 rings (SSSR count). The molecule has 5 atom stereocenters. The normalized spacial score (nSPS) is 42.2. The topological polar surface area (TPSA) is 17.1 Å². The summed E-state index contributed by atoms with van der Waals surface area (Å²) >= 11 is 0. The van der Waals surface area contributed by atoms with Gasteiger partial charge >= 0.3 is 0 Å². The van der Waals surface area contributed by atoms with Gasteiger partial charge in [0.1, 0.15) is 6.29 Å². The summed E-state index contributed by atoms with van der Waals surface area (Å²) < 4.78 is 0. The molecule has 92 valence electrons. The highest BCUT2D eigenvalue weighted by molar-refractivity contribution is 5.52. The van der Waals surface area contributed by atoms with Gasteiger partial charge in [0.2, 0.25) is 0 Å². The molecule has 0 spiro atoms. The summed E-state index contributed by atoms with van der Waals surface area (Å²) in [7, 11) is 0. The average Bonchev–Trinajstić information content (AvgIpc) is 2.26. The number of rotatable bonds is 4. The first-order valence-corrected chi connectivity index (χ1v) is 6.92. The van der Waals surface area contributed by atoms with Gasteiger partial charge in [0.15, 0.2) is 0 Å². The highest BCUT2D eigenvalue weighted by atomic mass is 16.1. The SMILES string of the molecule is CC(C=O)CC[C@H]1C[C@H]2C[C@@H]([C@@H]1C)C2(C)C. The number of hydrogen-bond donors (Lipinski definition) is 0. The van der Waals surface area contributed by atoms with Crippen LogP contribution in [0.25, 0.3) is 0 Å². The summed E-state index contributed by atoms with van der Waals surface area (Å²) in [6.45, 7) is 9.39. The first-order chi connectivity index (χ1) is 7.46. The summed E-state index contributed by atoms with van der Waals surface area (Å²) in [5.41, 5.74) is 0.603. The van der Waals surface area contributed by atoms with Crippen molar-refractivity contribution in [1.82, 2.24) is 0 Å². The highest BCUT2D eigenvalue weighted by Gasteiger charge is 2.55. The van der Waals surface area contributed by atoms with E-state index in [-0.39, 0.29) is 5.92 Å². The van der Waals surface area contributed by atoms with E-state index < -0.39 is 0 Å². The van der Waals surface area contributed by atoms with Crippen molar-refractivity contribution in [2.24, 2.45) is 35.0 Å². The largest absolute Gasteiger partial charge is 0.303 e. The van der Waals surface area contributed by atoms with Crippen LogP contribution in [-0.4, -0.2) is 6.29 Å². The summed E-state index contributed by atoms with van der Waals surface area (Å²) in [6.07, 6.45) is 6.35. The van der Waals surface area contributed by atoms with E-state index in [2.05, 4.69) is 20.8 Å². The molecule has 0 aliphatic heterocycles. The van der Waals surface area contributed by atoms with Gasteiger partial charge in [0.25, 0.3) is 0 Å². The van der Waals surface area contributed by atoms with Crippen molar-refractivity contribution in [2.75, 3.05) is 0 Å². The standard InChI is InChI=1S/C15H26O/c1-10(9-16)5-6-12-7-13-8-14(11(12)2)15(13,3)4/h9-14H,5-8H2,1-4H3/t10?,11-,12+,13+,14+/m1/s1. The Hall–Kier alpha value is -0.330. The third-order valence-electron chi connectivity index (χ3n) is 5.74. The van der Waals surface area contributed by atoms with Crippen LogP contribution in [0.1, 0.15) is 53.4 Å². The average molecular weight is 222 g/mol. The van der Waals surface area contributed by atoms with Gasteiger partial charge in [0.05, 0.1) is 0 Å². The van der Waals surface area contributed by atoms with E-state index in [0.29, 0.717) is 5.41 Å². The summed E-state index contributed by atoms with van der Waals surface area (Å²) in [5, 5.41) is 0. The molecule has 3 aliphatic rings. The molecule has 0 aromatic heterocycles. The zero-order valence-corrected chi connectivity index (χ0v) is 11.2. The molecule has 3 saturated carbocycles. The molecule has 0 aromatic rings. The molecule has 1 heteroatoms. The number of carbonyl (C=O) groups excluding carboxylic acids is 1. The highest BCUT2D eigenvalue weighted by Crippen LogP contribution is 2.63. The monoisotopic (exact) mass is 222 g/mol. The van der Waals surface area contributed by atoms with Gasteiger partial charge in [-0.15, -0.1) is 0 Å². The molecule has 3 aliphatic carbocycles. The van der Waals surface area contributed by atoms with Gasteiger partial charge in [0, 0.05) is 5.92 Å². The Labute approximate surface area is 100.0 Å². The zero-order valence-electron chi connectivity index (χ0n) is 11.2. The first-order valence-electron chi connectivity index (χ1n) is 6.92. The maximum Gasteiger partial charge on any atom is 0.122 e. The van der Waals surface area contributed by atoms with Crippen LogP contribution in [0, 0.1) is 35.0 Å². The number of hydrogen-bond acceptors (Lipinski definition) is 1. The van der Waals surface area contributed by atoms with E-state index in [1.807, 2.05) is 6.92 Å². The Kier molecular flexibility index (Phi) is 3.16. The predicted octanol–water partition coefficient (Wildman–Crippen LogP) is 3.92. The molecule has 0 N–H and O–H groups in total. The molecule has 0 radical (unpaired) electrons. The lowest BCUT2D eigenvalue weighted by molar-refractivity contribution is -0.131. The van der Waals surface area contributed by atoms with E-state index in [9.17, 15) is 4.79 Å². The lowest BCUT2D eigenvalue weighted by atomic mass is 9.43. The minimum absolute atomic E-state index is 0.262. The van der Waals surface area contributed by atoms with Crippen molar-refractivity contribution < 1.29 is 4.79 Å². The van der Waals surface area contributed by atoms with Crippen molar-refractivity contribution in [3.8, 4) is 0 Å². The van der Waals surface area contributed by atoms with Crippen molar-refractivity contribution in [3.05, 3.63) is 0 Å². The minimum Gasteiger partial charge on any atom is -0.303 e. The van der Waals surface area contributed by atoms with E-state index in [4.69, 9.17) is 0 Å². The van der Waals surface area contributed by atoms with Crippen LogP contribution in [0.3, 0.4) is 0 Å². The fourth-order valence-corrected chi connectivity index (χ4v) is 4.18. The predicted molar refractivity (Wildman–Crippen MR) is 67.1 cm³/mol. The minimum atomic E-state index is 0.262. The second-order valence-electron chi connectivity index (χ2n) is 6.91. The van der Waals surface area contributed by atoms with Crippen LogP contribution >= 0.6 is 0 Å². The fourth-order valence-electron chi connectivity index (χ4n) is 4.18. The lowest BCUT2D eigenvalue weighted by Gasteiger charge is -2.62. The fraction of sp³-hybridized carbons (Fsp3) is 0.933. The first kappa shape index (κ1) is 12.1. The third-order valence-corrected chi connectivity index (χ3v) is 5.74. The molecule has 0 saturated heterocycles. The summed E-state index contributed by atoms with van der Waals surface area (Å²) in [4.78, 5) is 10.6. The van der Waals surface area contributed by atoms with Gasteiger partial charge in [-0.25, -0.2) is 0 Å². The maximum absolute atomic E-state index is 10.6. The zero-order chi connectivity index (χ0) is 11.9. The Bertz CT molecular complexity index is 269. The number of fused-ring (bicyclic) bond motifs is 2. The molecule has 0 heterocycles. The van der Waals surface area contributed by atoms with Crippen LogP contribution in [0.5, 0.6) is 0 Å². The maximum atomic E-state index is 10.6. The van der Waals surface area contributed by atoms with Crippen LogP contribution in [0.4, 0.5) is 0 Å². The Morgan fingerprint density at radius 1 is 1.38 bits per heavy atom. The Morgan fingerprint density at radius 2 is 2.06 bits per heavy atom. The lowest BCUT2D eigenvalue weighted by Crippen LogP contribution is -2.54. The van der Waals surface area contributed by atoms with E-state index >= 15 is 0 Å². The second-order valence-corrected chi connectivity index (χ2v) is 6.91. The molecule has 1 nitrogen and oxygen atoms in total. The number of carbonyl (C=O) groups is 1. The Balaban J connectivity index is 1.88. The van der Waals surface area contributed by atoms with Gasteiger partial charge in [-0.2, -0.15) is 0 Å². The van der Waals surface area contributed by atoms with E-state index in [0.717, 1.165) is 36.4 Å². The smallest absolute Gasteiger partial charge is 0.122 e. The summed E-state index contributed by atoms with van der Waals surface area (Å²) in [6, 6.07) is 0. The molecular weight excluding hydrogens is 196 g/mol. The van der Waals surface area contributed by atoms with Crippen molar-refractivity contribution in [3.63, 3.8) is 0 Å². The molecule has 16 heavy (non-hydrogen) atoms. The van der Waals surface area contributed by atoms with Crippen LogP contribution in [-0.2, 0) is 4.79 Å². The van der Waals surface area contributed by atoms with Crippen LogP contribution < -0.4 is 0 Å². The summed E-state index contributed by atoms with van der Waals surface area (Å²) in [5.74, 6) is 3.93. The van der Waals surface area contributed by atoms with E-state index in [1.165, 1.54) is 19.3 Å². The Morgan fingerprint density at radius 3 is 2.56 bits per heavy atom. The van der Waals surface area contributed by atoms with Crippen LogP contribution in [0.15, 0.2) is 0 Å². The van der Waals surface area contributed by atoms with Gasteiger partial charge in [-0.1, -0.05) is 27.7 Å². The third kappa shape index (κ3) is 1.83. The molecule has 0 aromatic carbocycles. The second kappa shape index (κ2) is 4.16. The molecule has 3 fully saturated rings. The van der Waals surface area contributed by atoms with Crippen molar-refractivity contribution in [1.29, 1.82) is 0 Å². The van der Waals surface area contributed by atoms with Crippen molar-refractivity contribution in [2.45, 2.75) is 53.4 Å². The quantitative estimate of drug-likeness (QED) is 0.659. The van der Waals surface area contributed by atoms with Crippen LogP contribution in [0.2, 0.25) is 0 Å². The number of aldehydes is 1. The molecule has 1 unspecified atom stereocenters. The van der Waals surface area contributed by atoms with Gasteiger partial charge in [-0.05, 0) is 54.8 Å². The van der Waals surface area contributed by atoms with Gasteiger partial charge < -0.3 is 4.79 Å². The van der Waals surface area contributed by atoms with E-state index in [1.54, 1.807) is 0 Å². The van der Waals surface area contributed by atoms with Crippen molar-refractivity contribution >= 4 is 6.29 Å². The molecule has 0 amide bonds.